The fourth-order valence-electron chi connectivity index (χ4n) is 3.43. The Morgan fingerprint density at radius 1 is 1.12 bits per heavy atom. The van der Waals surface area contributed by atoms with Crippen molar-refractivity contribution in [1.29, 1.82) is 0 Å². The molecule has 1 atom stereocenters. The number of nitrogens with zero attached hydrogens (tertiary/aromatic N) is 1. The van der Waals surface area contributed by atoms with E-state index < -0.39 is 28.0 Å². The van der Waals surface area contributed by atoms with Crippen LogP contribution >= 0.6 is 0 Å². The van der Waals surface area contributed by atoms with Crippen LogP contribution in [-0.4, -0.2) is 62.0 Å². The minimum absolute atomic E-state index is 0.0700. The number of amides is 1. The first kappa shape index (κ1) is 22.0. The number of carbonyl (C=O) groups is 2. The standard InChI is InChI=1S/C22H23N3O6S/c1-15(31-22(27)19-14-23-20-8-3-2-7-18(19)20)21(26)24-16-5-4-6-17(13-16)32(28,29)25-9-11-30-12-10-25/h2-8,13-15,23H,9-12H2,1H3,(H,24,26). The summed E-state index contributed by atoms with van der Waals surface area (Å²) in [6.07, 6.45) is 0.452. The number of benzene rings is 2. The SMILES string of the molecule is CC(OC(=O)c1c[nH]c2ccccc12)C(=O)Nc1cccc(S(=O)(=O)N2CCOCC2)c1. The summed E-state index contributed by atoms with van der Waals surface area (Å²) in [6, 6.07) is 13.3. The average Bonchev–Trinajstić information content (AvgIpc) is 3.24. The molecule has 1 aliphatic heterocycles. The van der Waals surface area contributed by atoms with Crippen molar-refractivity contribution < 1.29 is 27.5 Å². The van der Waals surface area contributed by atoms with Crippen molar-refractivity contribution in [3.05, 3.63) is 60.3 Å². The van der Waals surface area contributed by atoms with Crippen LogP contribution in [-0.2, 0) is 24.3 Å². The molecular formula is C22H23N3O6S. The number of aromatic amines is 1. The number of rotatable bonds is 6. The molecular weight excluding hydrogens is 434 g/mol. The second-order valence-electron chi connectivity index (χ2n) is 7.33. The molecule has 168 valence electrons. The van der Waals surface area contributed by atoms with Crippen molar-refractivity contribution >= 4 is 38.5 Å². The smallest absolute Gasteiger partial charge is 0.341 e. The third-order valence-electron chi connectivity index (χ3n) is 5.17. The maximum Gasteiger partial charge on any atom is 0.341 e. The van der Waals surface area contributed by atoms with E-state index in [1.54, 1.807) is 24.3 Å². The Bertz CT molecular complexity index is 1250. The van der Waals surface area contributed by atoms with Gasteiger partial charge in [0.15, 0.2) is 6.10 Å². The van der Waals surface area contributed by atoms with E-state index in [1.165, 1.54) is 29.6 Å². The Morgan fingerprint density at radius 3 is 2.66 bits per heavy atom. The number of ether oxygens (including phenoxy) is 2. The summed E-state index contributed by atoms with van der Waals surface area (Å²) in [4.78, 5) is 28.2. The zero-order valence-corrected chi connectivity index (χ0v) is 18.2. The fraction of sp³-hybridized carbons (Fsp3) is 0.273. The van der Waals surface area contributed by atoms with Gasteiger partial charge in [0.25, 0.3) is 5.91 Å². The highest BCUT2D eigenvalue weighted by molar-refractivity contribution is 7.89. The van der Waals surface area contributed by atoms with Gasteiger partial charge in [0.05, 0.1) is 23.7 Å². The van der Waals surface area contributed by atoms with Crippen molar-refractivity contribution in [2.24, 2.45) is 0 Å². The fourth-order valence-corrected chi connectivity index (χ4v) is 4.89. The van der Waals surface area contributed by atoms with Crippen molar-refractivity contribution in [3.8, 4) is 0 Å². The minimum Gasteiger partial charge on any atom is -0.449 e. The van der Waals surface area contributed by atoms with Gasteiger partial charge in [-0.25, -0.2) is 13.2 Å². The molecule has 9 nitrogen and oxygen atoms in total. The van der Waals surface area contributed by atoms with Crippen molar-refractivity contribution in [3.63, 3.8) is 0 Å². The number of sulfonamides is 1. The molecule has 4 rings (SSSR count). The van der Waals surface area contributed by atoms with E-state index in [1.807, 2.05) is 12.1 Å². The van der Waals surface area contributed by atoms with E-state index in [-0.39, 0.29) is 18.0 Å². The third kappa shape index (κ3) is 4.52. The van der Waals surface area contributed by atoms with E-state index in [0.29, 0.717) is 29.9 Å². The number of aromatic nitrogens is 1. The highest BCUT2D eigenvalue weighted by atomic mass is 32.2. The van der Waals surface area contributed by atoms with Crippen LogP contribution in [0.25, 0.3) is 10.9 Å². The first-order chi connectivity index (χ1) is 15.4. The predicted octanol–water partition coefficient (Wildman–Crippen LogP) is 2.37. The van der Waals surface area contributed by atoms with Crippen molar-refractivity contribution in [2.45, 2.75) is 17.9 Å². The summed E-state index contributed by atoms with van der Waals surface area (Å²) in [5, 5.41) is 3.31. The van der Waals surface area contributed by atoms with Crippen LogP contribution in [0.2, 0.25) is 0 Å². The van der Waals surface area contributed by atoms with Crippen LogP contribution in [0.4, 0.5) is 5.69 Å². The van der Waals surface area contributed by atoms with Crippen LogP contribution < -0.4 is 5.32 Å². The summed E-state index contributed by atoms with van der Waals surface area (Å²) < 4.78 is 37.5. The Labute approximate surface area is 185 Å². The van der Waals surface area contributed by atoms with Gasteiger partial charge in [-0.3, -0.25) is 4.79 Å². The molecule has 1 amide bonds. The molecule has 1 fully saturated rings. The molecule has 3 aromatic rings. The zero-order valence-electron chi connectivity index (χ0n) is 17.4. The second kappa shape index (κ2) is 9.11. The largest absolute Gasteiger partial charge is 0.449 e. The van der Waals surface area contributed by atoms with Crippen LogP contribution in [0.1, 0.15) is 17.3 Å². The second-order valence-corrected chi connectivity index (χ2v) is 9.27. The summed E-state index contributed by atoms with van der Waals surface area (Å²) in [7, 11) is -3.70. The Hall–Kier alpha value is -3.21. The number of para-hydroxylation sites is 1. The van der Waals surface area contributed by atoms with E-state index in [0.717, 1.165) is 5.52 Å². The predicted molar refractivity (Wildman–Crippen MR) is 118 cm³/mol. The van der Waals surface area contributed by atoms with Crippen molar-refractivity contribution in [1.82, 2.24) is 9.29 Å². The van der Waals surface area contributed by atoms with E-state index in [4.69, 9.17) is 9.47 Å². The number of anilines is 1. The molecule has 32 heavy (non-hydrogen) atoms. The molecule has 1 aliphatic rings. The molecule has 2 heterocycles. The zero-order chi connectivity index (χ0) is 22.7. The lowest BCUT2D eigenvalue weighted by Gasteiger charge is -2.26. The lowest BCUT2D eigenvalue weighted by Crippen LogP contribution is -2.40. The average molecular weight is 458 g/mol. The van der Waals surface area contributed by atoms with Gasteiger partial charge in [0.1, 0.15) is 0 Å². The first-order valence-electron chi connectivity index (χ1n) is 10.1. The molecule has 0 saturated carbocycles. The van der Waals surface area contributed by atoms with Gasteiger partial charge in [0.2, 0.25) is 10.0 Å². The van der Waals surface area contributed by atoms with Crippen LogP contribution in [0.5, 0.6) is 0 Å². The Balaban J connectivity index is 1.43. The molecule has 0 radical (unpaired) electrons. The highest BCUT2D eigenvalue weighted by Gasteiger charge is 2.27. The van der Waals surface area contributed by atoms with Gasteiger partial charge in [0, 0.05) is 35.9 Å². The number of morpholine rings is 1. The quantitative estimate of drug-likeness (QED) is 0.549. The van der Waals surface area contributed by atoms with E-state index in [2.05, 4.69) is 10.3 Å². The van der Waals surface area contributed by atoms with Crippen LogP contribution in [0.3, 0.4) is 0 Å². The highest BCUT2D eigenvalue weighted by Crippen LogP contribution is 2.22. The lowest BCUT2D eigenvalue weighted by molar-refractivity contribution is -0.123. The van der Waals surface area contributed by atoms with Crippen LogP contribution in [0, 0.1) is 0 Å². The van der Waals surface area contributed by atoms with E-state index >= 15 is 0 Å². The number of hydrogen-bond donors (Lipinski definition) is 2. The van der Waals surface area contributed by atoms with Gasteiger partial charge >= 0.3 is 5.97 Å². The van der Waals surface area contributed by atoms with Gasteiger partial charge in [-0.15, -0.1) is 0 Å². The first-order valence-corrected chi connectivity index (χ1v) is 11.6. The minimum atomic E-state index is -3.70. The third-order valence-corrected chi connectivity index (χ3v) is 7.07. The Kier molecular flexibility index (Phi) is 6.26. The lowest BCUT2D eigenvalue weighted by atomic mass is 10.2. The number of hydrogen-bond acceptors (Lipinski definition) is 6. The van der Waals surface area contributed by atoms with Gasteiger partial charge < -0.3 is 19.8 Å². The molecule has 10 heteroatoms. The molecule has 1 aromatic heterocycles. The molecule has 2 aromatic carbocycles. The van der Waals surface area contributed by atoms with Crippen molar-refractivity contribution in [2.75, 3.05) is 31.6 Å². The van der Waals surface area contributed by atoms with E-state index in [9.17, 15) is 18.0 Å². The maximum absolute atomic E-state index is 12.8. The summed E-state index contributed by atoms with van der Waals surface area (Å²) in [5.74, 6) is -1.20. The molecule has 0 spiro atoms. The molecule has 2 N–H and O–H groups in total. The van der Waals surface area contributed by atoms with Crippen LogP contribution in [0.15, 0.2) is 59.6 Å². The molecule has 1 unspecified atom stereocenters. The number of H-pyrrole nitrogens is 1. The normalized spacial score (nSPS) is 15.9. The molecule has 1 saturated heterocycles. The summed E-state index contributed by atoms with van der Waals surface area (Å²) >= 11 is 0. The van der Waals surface area contributed by atoms with Gasteiger partial charge in [-0.2, -0.15) is 4.31 Å². The monoisotopic (exact) mass is 457 g/mol. The number of carbonyl (C=O) groups excluding carboxylic acids is 2. The maximum atomic E-state index is 12.8. The summed E-state index contributed by atoms with van der Waals surface area (Å²) in [6.45, 7) is 2.69. The number of esters is 1. The number of fused-ring (bicyclic) bond motifs is 1. The number of nitrogens with one attached hydrogen (secondary N) is 2. The topological polar surface area (TPSA) is 118 Å². The molecule has 0 bridgehead atoms. The van der Waals surface area contributed by atoms with Gasteiger partial charge in [-0.05, 0) is 31.2 Å². The molecule has 0 aliphatic carbocycles. The summed E-state index contributed by atoms with van der Waals surface area (Å²) in [5.41, 5.74) is 1.41. The van der Waals surface area contributed by atoms with Gasteiger partial charge in [-0.1, -0.05) is 24.3 Å². The Morgan fingerprint density at radius 2 is 1.88 bits per heavy atom.